The first-order valence-corrected chi connectivity index (χ1v) is 7.06. The number of rotatable bonds is 5. The van der Waals surface area contributed by atoms with Crippen molar-refractivity contribution in [3.8, 4) is 0 Å². The first kappa shape index (κ1) is 15.3. The highest BCUT2D eigenvalue weighted by Crippen LogP contribution is 2.06. The first-order chi connectivity index (χ1) is 10.1. The Hall–Kier alpha value is -2.08. The summed E-state index contributed by atoms with van der Waals surface area (Å²) in [6, 6.07) is 7.76. The molecule has 114 valence electrons. The SMILES string of the molecule is O=C(NC1CCCOC1)N[C@H](Cc1ccccc1)C(=O)O. The minimum atomic E-state index is -1.05. The second-order valence-electron chi connectivity index (χ2n) is 5.11. The van der Waals surface area contributed by atoms with Crippen LogP contribution in [0.3, 0.4) is 0 Å². The Kier molecular flexibility index (Phi) is 5.57. The molecule has 6 heteroatoms. The van der Waals surface area contributed by atoms with Gasteiger partial charge in [0, 0.05) is 13.0 Å². The van der Waals surface area contributed by atoms with E-state index in [4.69, 9.17) is 4.74 Å². The molecule has 2 atom stereocenters. The number of carboxylic acid groups (broad SMARTS) is 1. The third-order valence-electron chi connectivity index (χ3n) is 3.38. The van der Waals surface area contributed by atoms with Crippen molar-refractivity contribution >= 4 is 12.0 Å². The number of hydrogen-bond donors (Lipinski definition) is 3. The van der Waals surface area contributed by atoms with Crippen LogP contribution in [0.4, 0.5) is 4.79 Å². The average molecular weight is 292 g/mol. The number of nitrogens with one attached hydrogen (secondary N) is 2. The number of ether oxygens (including phenoxy) is 1. The molecule has 0 saturated carbocycles. The van der Waals surface area contributed by atoms with E-state index in [1.54, 1.807) is 0 Å². The molecule has 2 rings (SSSR count). The number of benzene rings is 1. The van der Waals surface area contributed by atoms with Crippen LogP contribution in [0.25, 0.3) is 0 Å². The van der Waals surface area contributed by atoms with E-state index in [0.717, 1.165) is 18.4 Å². The summed E-state index contributed by atoms with van der Waals surface area (Å²) in [5.74, 6) is -1.05. The normalized spacial score (nSPS) is 19.5. The molecular formula is C15H20N2O4. The number of carbonyl (C=O) groups is 2. The zero-order valence-electron chi connectivity index (χ0n) is 11.7. The average Bonchev–Trinajstić information content (AvgIpc) is 2.48. The van der Waals surface area contributed by atoms with Crippen molar-refractivity contribution in [2.24, 2.45) is 0 Å². The van der Waals surface area contributed by atoms with Gasteiger partial charge in [-0.3, -0.25) is 0 Å². The lowest BCUT2D eigenvalue weighted by molar-refractivity contribution is -0.139. The highest BCUT2D eigenvalue weighted by molar-refractivity contribution is 5.82. The van der Waals surface area contributed by atoms with Crippen LogP contribution in [-0.4, -0.2) is 42.4 Å². The highest BCUT2D eigenvalue weighted by Gasteiger charge is 2.22. The smallest absolute Gasteiger partial charge is 0.326 e. The molecule has 21 heavy (non-hydrogen) atoms. The number of aliphatic carboxylic acids is 1. The van der Waals surface area contributed by atoms with Crippen molar-refractivity contribution in [2.75, 3.05) is 13.2 Å². The molecule has 1 unspecified atom stereocenters. The summed E-state index contributed by atoms with van der Waals surface area (Å²) >= 11 is 0. The molecule has 1 saturated heterocycles. The monoisotopic (exact) mass is 292 g/mol. The molecule has 6 nitrogen and oxygen atoms in total. The van der Waals surface area contributed by atoms with Gasteiger partial charge in [0.1, 0.15) is 6.04 Å². The van der Waals surface area contributed by atoms with Crippen molar-refractivity contribution in [1.29, 1.82) is 0 Å². The quantitative estimate of drug-likeness (QED) is 0.760. The molecule has 1 aliphatic rings. The van der Waals surface area contributed by atoms with Crippen molar-refractivity contribution < 1.29 is 19.4 Å². The van der Waals surface area contributed by atoms with Gasteiger partial charge in [-0.25, -0.2) is 9.59 Å². The Morgan fingerprint density at radius 1 is 1.33 bits per heavy atom. The van der Waals surface area contributed by atoms with Gasteiger partial charge in [-0.2, -0.15) is 0 Å². The van der Waals surface area contributed by atoms with Gasteiger partial charge in [-0.1, -0.05) is 30.3 Å². The molecule has 1 aliphatic heterocycles. The maximum absolute atomic E-state index is 11.9. The number of amides is 2. The standard InChI is InChI=1S/C15H20N2O4/c18-14(19)13(9-11-5-2-1-3-6-11)17-15(20)16-12-7-4-8-21-10-12/h1-3,5-6,12-13H,4,7-10H2,(H,18,19)(H2,16,17,20)/t12?,13-/m1/s1. The van der Waals surface area contributed by atoms with Crippen LogP contribution in [0.5, 0.6) is 0 Å². The molecular weight excluding hydrogens is 272 g/mol. The summed E-state index contributed by atoms with van der Waals surface area (Å²) in [6.07, 6.45) is 2.01. The van der Waals surface area contributed by atoms with Gasteiger partial charge in [0.05, 0.1) is 12.6 Å². The number of hydrogen-bond acceptors (Lipinski definition) is 3. The van der Waals surface area contributed by atoms with Crippen LogP contribution in [0.15, 0.2) is 30.3 Å². The summed E-state index contributed by atoms with van der Waals surface area (Å²) in [5.41, 5.74) is 0.867. The Labute approximate surface area is 123 Å². The summed E-state index contributed by atoms with van der Waals surface area (Å²) in [5, 5.41) is 14.5. The van der Waals surface area contributed by atoms with E-state index in [9.17, 15) is 14.7 Å². The molecule has 1 heterocycles. The Morgan fingerprint density at radius 2 is 2.10 bits per heavy atom. The van der Waals surface area contributed by atoms with Crippen molar-refractivity contribution in [3.05, 3.63) is 35.9 Å². The van der Waals surface area contributed by atoms with Gasteiger partial charge < -0.3 is 20.5 Å². The Bertz CT molecular complexity index is 472. The first-order valence-electron chi connectivity index (χ1n) is 7.06. The second-order valence-corrected chi connectivity index (χ2v) is 5.11. The summed E-state index contributed by atoms with van der Waals surface area (Å²) < 4.78 is 5.27. The molecule has 1 fully saturated rings. The largest absolute Gasteiger partial charge is 0.480 e. The van der Waals surface area contributed by atoms with Gasteiger partial charge in [0.2, 0.25) is 0 Å². The Balaban J connectivity index is 1.86. The predicted octanol–water partition coefficient (Wildman–Crippen LogP) is 1.16. The van der Waals surface area contributed by atoms with E-state index in [0.29, 0.717) is 13.2 Å². The van der Waals surface area contributed by atoms with Gasteiger partial charge in [0.15, 0.2) is 0 Å². The third kappa shape index (κ3) is 5.07. The maximum atomic E-state index is 11.9. The molecule has 1 aromatic carbocycles. The van der Waals surface area contributed by atoms with Gasteiger partial charge in [-0.15, -0.1) is 0 Å². The molecule has 2 amide bonds. The minimum Gasteiger partial charge on any atom is -0.480 e. The van der Waals surface area contributed by atoms with E-state index in [-0.39, 0.29) is 12.5 Å². The molecule has 0 aromatic heterocycles. The number of carbonyl (C=O) groups excluding carboxylic acids is 1. The van der Waals surface area contributed by atoms with Gasteiger partial charge in [0.25, 0.3) is 0 Å². The van der Waals surface area contributed by atoms with Gasteiger partial charge >= 0.3 is 12.0 Å². The van der Waals surface area contributed by atoms with E-state index in [1.165, 1.54) is 0 Å². The van der Waals surface area contributed by atoms with Crippen LogP contribution in [0.2, 0.25) is 0 Å². The second kappa shape index (κ2) is 7.64. The van der Waals surface area contributed by atoms with Crippen LogP contribution >= 0.6 is 0 Å². The molecule has 0 bridgehead atoms. The summed E-state index contributed by atoms with van der Waals surface area (Å²) in [7, 11) is 0. The molecule has 1 aromatic rings. The fourth-order valence-corrected chi connectivity index (χ4v) is 2.29. The van der Waals surface area contributed by atoms with Crippen LogP contribution in [-0.2, 0) is 16.0 Å². The van der Waals surface area contributed by atoms with E-state index in [1.807, 2.05) is 30.3 Å². The fraction of sp³-hybridized carbons (Fsp3) is 0.467. The van der Waals surface area contributed by atoms with E-state index in [2.05, 4.69) is 10.6 Å². The topological polar surface area (TPSA) is 87.7 Å². The molecule has 3 N–H and O–H groups in total. The molecule has 0 radical (unpaired) electrons. The van der Waals surface area contributed by atoms with E-state index >= 15 is 0 Å². The fourth-order valence-electron chi connectivity index (χ4n) is 2.29. The summed E-state index contributed by atoms with van der Waals surface area (Å²) in [4.78, 5) is 23.1. The lowest BCUT2D eigenvalue weighted by Crippen LogP contribution is -2.51. The van der Waals surface area contributed by atoms with Crippen molar-refractivity contribution in [1.82, 2.24) is 10.6 Å². The number of carboxylic acids is 1. The lowest BCUT2D eigenvalue weighted by Gasteiger charge is -2.24. The predicted molar refractivity (Wildman–Crippen MR) is 77.1 cm³/mol. The van der Waals surface area contributed by atoms with Crippen LogP contribution in [0.1, 0.15) is 18.4 Å². The minimum absolute atomic E-state index is 0.0510. The molecule has 0 spiro atoms. The Morgan fingerprint density at radius 3 is 2.71 bits per heavy atom. The zero-order chi connectivity index (χ0) is 15.1. The van der Waals surface area contributed by atoms with Crippen molar-refractivity contribution in [3.63, 3.8) is 0 Å². The maximum Gasteiger partial charge on any atom is 0.326 e. The lowest BCUT2D eigenvalue weighted by atomic mass is 10.1. The van der Waals surface area contributed by atoms with Gasteiger partial charge in [-0.05, 0) is 18.4 Å². The van der Waals surface area contributed by atoms with Crippen LogP contribution in [0, 0.1) is 0 Å². The molecule has 0 aliphatic carbocycles. The van der Waals surface area contributed by atoms with Crippen LogP contribution < -0.4 is 10.6 Å². The van der Waals surface area contributed by atoms with Crippen molar-refractivity contribution in [2.45, 2.75) is 31.3 Å². The number of urea groups is 1. The highest BCUT2D eigenvalue weighted by atomic mass is 16.5. The summed E-state index contributed by atoms with van der Waals surface area (Å²) in [6.45, 7) is 1.19. The van der Waals surface area contributed by atoms with E-state index < -0.39 is 18.0 Å². The zero-order valence-corrected chi connectivity index (χ0v) is 11.7. The third-order valence-corrected chi connectivity index (χ3v) is 3.38.